The minimum absolute atomic E-state index is 0.00684. The average molecular weight is 362 g/mol. The molecule has 0 fully saturated rings. The van der Waals surface area contributed by atoms with Crippen LogP contribution in [0.5, 0.6) is 0 Å². The second-order valence-corrected chi connectivity index (χ2v) is 7.06. The molecule has 4 heteroatoms. The fourth-order valence-electron chi connectivity index (χ4n) is 3.41. The quantitative estimate of drug-likeness (QED) is 0.696. The van der Waals surface area contributed by atoms with E-state index in [4.69, 9.17) is 0 Å². The summed E-state index contributed by atoms with van der Waals surface area (Å²) in [4.78, 5) is 27.9. The molecule has 0 bridgehead atoms. The second-order valence-electron chi connectivity index (χ2n) is 7.06. The van der Waals surface area contributed by atoms with Gasteiger partial charge in [0.25, 0.3) is 5.56 Å². The van der Waals surface area contributed by atoms with Crippen LogP contribution in [0, 0.1) is 13.8 Å². The van der Waals surface area contributed by atoms with E-state index in [1.807, 2.05) is 56.3 Å². The predicted octanol–water partition coefficient (Wildman–Crippen LogP) is 4.00. The molecule has 3 aromatic rings. The molecule has 0 radical (unpaired) electrons. The summed E-state index contributed by atoms with van der Waals surface area (Å²) in [7, 11) is 0. The van der Waals surface area contributed by atoms with Gasteiger partial charge in [-0.05, 0) is 67.0 Å². The van der Waals surface area contributed by atoms with Crippen LogP contribution in [0.2, 0.25) is 0 Å². The van der Waals surface area contributed by atoms with Gasteiger partial charge in [0.05, 0.1) is 5.92 Å². The molecular formula is C23H26N2O2. The maximum Gasteiger partial charge on any atom is 0.251 e. The Hall–Kier alpha value is -2.88. The van der Waals surface area contributed by atoms with Gasteiger partial charge in [-0.25, -0.2) is 0 Å². The standard InChI is InChI=1S/C23H26N2O2/c1-4-20(17-8-6-5-7-9-17)23(27)24-11-10-18-14-19-12-15(2)16(3)13-21(19)25-22(18)26/h5-9,12-14,20H,4,10-11H2,1-3H3,(H,24,27)(H,25,26). The van der Waals surface area contributed by atoms with Gasteiger partial charge in [-0.1, -0.05) is 37.3 Å². The molecule has 1 aromatic heterocycles. The van der Waals surface area contributed by atoms with Crippen LogP contribution in [0.4, 0.5) is 0 Å². The molecular weight excluding hydrogens is 336 g/mol. The summed E-state index contributed by atoms with van der Waals surface area (Å²) >= 11 is 0. The molecule has 3 rings (SSSR count). The summed E-state index contributed by atoms with van der Waals surface area (Å²) in [6, 6.07) is 15.8. The highest BCUT2D eigenvalue weighted by Crippen LogP contribution is 2.19. The monoisotopic (exact) mass is 362 g/mol. The summed E-state index contributed by atoms with van der Waals surface area (Å²) in [6.45, 7) is 6.55. The molecule has 0 saturated heterocycles. The zero-order valence-corrected chi connectivity index (χ0v) is 16.1. The molecule has 1 heterocycles. The van der Waals surface area contributed by atoms with Crippen LogP contribution < -0.4 is 10.9 Å². The molecule has 2 N–H and O–H groups in total. The number of pyridine rings is 1. The average Bonchev–Trinajstić information content (AvgIpc) is 2.65. The van der Waals surface area contributed by atoms with E-state index in [0.717, 1.165) is 28.5 Å². The number of aryl methyl sites for hydroxylation is 2. The van der Waals surface area contributed by atoms with Gasteiger partial charge in [0, 0.05) is 17.6 Å². The molecule has 0 aliphatic rings. The first kappa shape index (κ1) is 18.9. The number of hydrogen-bond acceptors (Lipinski definition) is 2. The molecule has 1 unspecified atom stereocenters. The zero-order chi connectivity index (χ0) is 19.4. The Morgan fingerprint density at radius 3 is 2.48 bits per heavy atom. The summed E-state index contributed by atoms with van der Waals surface area (Å²) in [6.07, 6.45) is 1.25. The van der Waals surface area contributed by atoms with Crippen molar-refractivity contribution in [2.45, 2.75) is 39.5 Å². The van der Waals surface area contributed by atoms with Crippen LogP contribution in [0.15, 0.2) is 53.3 Å². The number of aromatic nitrogens is 1. The molecule has 1 amide bonds. The van der Waals surface area contributed by atoms with Crippen molar-refractivity contribution in [2.75, 3.05) is 6.54 Å². The first-order valence-electron chi connectivity index (χ1n) is 9.45. The maximum absolute atomic E-state index is 12.5. The molecule has 27 heavy (non-hydrogen) atoms. The van der Waals surface area contributed by atoms with Crippen molar-refractivity contribution in [1.29, 1.82) is 0 Å². The third kappa shape index (κ3) is 4.27. The number of rotatable bonds is 6. The Labute approximate surface area is 159 Å². The van der Waals surface area contributed by atoms with Crippen LogP contribution in [-0.2, 0) is 11.2 Å². The topological polar surface area (TPSA) is 62.0 Å². The van der Waals surface area contributed by atoms with Crippen molar-refractivity contribution in [2.24, 2.45) is 0 Å². The lowest BCUT2D eigenvalue weighted by Crippen LogP contribution is -2.31. The number of carbonyl (C=O) groups excluding carboxylic acids is 1. The van der Waals surface area contributed by atoms with Crippen LogP contribution in [0.25, 0.3) is 10.9 Å². The zero-order valence-electron chi connectivity index (χ0n) is 16.1. The van der Waals surface area contributed by atoms with Crippen molar-refractivity contribution in [3.05, 3.63) is 81.1 Å². The highest BCUT2D eigenvalue weighted by atomic mass is 16.2. The third-order valence-electron chi connectivity index (χ3n) is 5.16. The predicted molar refractivity (Wildman–Crippen MR) is 110 cm³/mol. The minimum atomic E-state index is -0.160. The first-order chi connectivity index (χ1) is 13.0. The fourth-order valence-corrected chi connectivity index (χ4v) is 3.41. The molecule has 1 atom stereocenters. The van der Waals surface area contributed by atoms with E-state index in [2.05, 4.69) is 23.3 Å². The molecule has 0 saturated carbocycles. The summed E-state index contributed by atoms with van der Waals surface area (Å²) in [5, 5.41) is 4.01. The Morgan fingerprint density at radius 2 is 1.78 bits per heavy atom. The number of carbonyl (C=O) groups is 1. The van der Waals surface area contributed by atoms with Crippen molar-refractivity contribution in [1.82, 2.24) is 10.3 Å². The van der Waals surface area contributed by atoms with Gasteiger partial charge < -0.3 is 10.3 Å². The number of aromatic amines is 1. The highest BCUT2D eigenvalue weighted by Gasteiger charge is 2.17. The number of amides is 1. The second kappa shape index (κ2) is 8.21. The van der Waals surface area contributed by atoms with Gasteiger partial charge in [0.2, 0.25) is 5.91 Å². The van der Waals surface area contributed by atoms with Crippen LogP contribution in [0.3, 0.4) is 0 Å². The van der Waals surface area contributed by atoms with Gasteiger partial charge in [0.1, 0.15) is 0 Å². The molecule has 4 nitrogen and oxygen atoms in total. The molecule has 2 aromatic carbocycles. The number of benzene rings is 2. The number of fused-ring (bicyclic) bond motifs is 1. The molecule has 140 valence electrons. The lowest BCUT2D eigenvalue weighted by molar-refractivity contribution is -0.122. The van der Waals surface area contributed by atoms with E-state index in [9.17, 15) is 9.59 Å². The number of nitrogens with one attached hydrogen (secondary N) is 2. The summed E-state index contributed by atoms with van der Waals surface area (Å²) in [5.74, 6) is -0.154. The Bertz CT molecular complexity index is 1010. The van der Waals surface area contributed by atoms with E-state index in [1.165, 1.54) is 5.56 Å². The van der Waals surface area contributed by atoms with Crippen molar-refractivity contribution in [3.63, 3.8) is 0 Å². The van der Waals surface area contributed by atoms with Crippen LogP contribution in [0.1, 0.15) is 41.5 Å². The maximum atomic E-state index is 12.5. The van der Waals surface area contributed by atoms with Gasteiger partial charge in [0.15, 0.2) is 0 Å². The normalized spacial score (nSPS) is 12.1. The molecule has 0 aliphatic heterocycles. The third-order valence-corrected chi connectivity index (χ3v) is 5.16. The van der Waals surface area contributed by atoms with Gasteiger partial charge in [-0.3, -0.25) is 9.59 Å². The number of H-pyrrole nitrogens is 1. The largest absolute Gasteiger partial charge is 0.355 e. The van der Waals surface area contributed by atoms with Crippen molar-refractivity contribution < 1.29 is 4.79 Å². The summed E-state index contributed by atoms with van der Waals surface area (Å²) < 4.78 is 0. The lowest BCUT2D eigenvalue weighted by atomic mass is 9.95. The van der Waals surface area contributed by atoms with Gasteiger partial charge >= 0.3 is 0 Å². The Morgan fingerprint density at radius 1 is 1.07 bits per heavy atom. The van der Waals surface area contributed by atoms with Crippen LogP contribution in [-0.4, -0.2) is 17.4 Å². The van der Waals surface area contributed by atoms with Crippen LogP contribution >= 0.6 is 0 Å². The lowest BCUT2D eigenvalue weighted by Gasteiger charge is -2.15. The van der Waals surface area contributed by atoms with E-state index in [-0.39, 0.29) is 17.4 Å². The van der Waals surface area contributed by atoms with Crippen molar-refractivity contribution >= 4 is 16.8 Å². The highest BCUT2D eigenvalue weighted by molar-refractivity contribution is 5.83. The van der Waals surface area contributed by atoms with E-state index >= 15 is 0 Å². The fraction of sp³-hybridized carbons (Fsp3) is 0.304. The molecule has 0 aliphatic carbocycles. The van der Waals surface area contributed by atoms with Crippen molar-refractivity contribution in [3.8, 4) is 0 Å². The SMILES string of the molecule is CCC(C(=O)NCCc1cc2cc(C)c(C)cc2[nH]c1=O)c1ccccc1. The minimum Gasteiger partial charge on any atom is -0.355 e. The summed E-state index contributed by atoms with van der Waals surface area (Å²) in [5.41, 5.74) is 4.83. The Balaban J connectivity index is 1.69. The van der Waals surface area contributed by atoms with E-state index < -0.39 is 0 Å². The Kier molecular flexibility index (Phi) is 5.75. The van der Waals surface area contributed by atoms with Gasteiger partial charge in [-0.2, -0.15) is 0 Å². The first-order valence-corrected chi connectivity index (χ1v) is 9.45. The van der Waals surface area contributed by atoms with E-state index in [0.29, 0.717) is 18.5 Å². The molecule has 0 spiro atoms. The van der Waals surface area contributed by atoms with E-state index in [1.54, 1.807) is 0 Å². The van der Waals surface area contributed by atoms with Gasteiger partial charge in [-0.15, -0.1) is 0 Å². The smallest absolute Gasteiger partial charge is 0.251 e. The number of hydrogen-bond donors (Lipinski definition) is 2.